The molecule has 20 heavy (non-hydrogen) atoms. The fourth-order valence-electron chi connectivity index (χ4n) is 2.80. The maximum absolute atomic E-state index is 13.9. The monoisotopic (exact) mass is 291 g/mol. The molecule has 2 rings (SSSR count). The van der Waals surface area contributed by atoms with Gasteiger partial charge < -0.3 is 5.73 Å². The van der Waals surface area contributed by atoms with Crippen molar-refractivity contribution in [1.29, 1.82) is 0 Å². The van der Waals surface area contributed by atoms with Crippen molar-refractivity contribution in [2.75, 3.05) is 0 Å². The second-order valence-corrected chi connectivity index (χ2v) is 5.80. The van der Waals surface area contributed by atoms with Gasteiger partial charge in [0.2, 0.25) is 0 Å². The Hall–Kier alpha value is -1.38. The van der Waals surface area contributed by atoms with Gasteiger partial charge in [0.25, 0.3) is 0 Å². The van der Waals surface area contributed by atoms with Crippen LogP contribution < -0.4 is 5.73 Å². The van der Waals surface area contributed by atoms with E-state index in [2.05, 4.69) is 19.1 Å². The number of rotatable bonds is 3. The molecule has 1 unspecified atom stereocenters. The molecule has 0 bridgehead atoms. The maximum atomic E-state index is 13.9. The van der Waals surface area contributed by atoms with Crippen LogP contribution in [0.2, 0.25) is 5.02 Å². The number of halogens is 2. The molecule has 0 saturated carbocycles. The Labute approximate surface area is 124 Å². The van der Waals surface area contributed by atoms with Gasteiger partial charge in [0, 0.05) is 11.1 Å². The summed E-state index contributed by atoms with van der Waals surface area (Å²) in [6, 6.07) is 8.74. The lowest BCUT2D eigenvalue weighted by molar-refractivity contribution is 0.592. The van der Waals surface area contributed by atoms with Crippen LogP contribution >= 0.6 is 11.6 Å². The second-order valence-electron chi connectivity index (χ2n) is 5.36. The van der Waals surface area contributed by atoms with Gasteiger partial charge in [0.1, 0.15) is 5.82 Å². The van der Waals surface area contributed by atoms with Gasteiger partial charge >= 0.3 is 0 Å². The predicted molar refractivity (Wildman–Crippen MR) is 82.7 cm³/mol. The highest BCUT2D eigenvalue weighted by molar-refractivity contribution is 6.30. The summed E-state index contributed by atoms with van der Waals surface area (Å²) in [5.41, 5.74) is 11.5. The molecule has 0 radical (unpaired) electrons. The van der Waals surface area contributed by atoms with Crippen molar-refractivity contribution < 1.29 is 4.39 Å². The van der Waals surface area contributed by atoms with Crippen LogP contribution in [-0.2, 0) is 6.42 Å². The normalized spacial score (nSPS) is 12.5. The van der Waals surface area contributed by atoms with E-state index >= 15 is 0 Å². The smallest absolute Gasteiger partial charge is 0.127 e. The lowest BCUT2D eigenvalue weighted by Gasteiger charge is -2.19. The molecule has 0 aliphatic heterocycles. The predicted octanol–water partition coefficient (Wildman–Crippen LogP) is 4.65. The van der Waals surface area contributed by atoms with Crippen LogP contribution in [0.4, 0.5) is 4.39 Å². The molecule has 0 aliphatic carbocycles. The number of nitrogens with two attached hydrogens (primary N) is 1. The standard InChI is InChI=1S/C17H19ClFN/c1-10-6-11(2)17(12(3)7-10)16(20)8-13-4-5-14(18)9-15(13)19/h4-7,9,16H,8,20H2,1-3H3. The van der Waals surface area contributed by atoms with E-state index < -0.39 is 0 Å². The number of aryl methyl sites for hydroxylation is 3. The summed E-state index contributed by atoms with van der Waals surface area (Å²) >= 11 is 5.77. The van der Waals surface area contributed by atoms with Crippen LogP contribution in [0.1, 0.15) is 33.9 Å². The van der Waals surface area contributed by atoms with E-state index in [1.807, 2.05) is 13.8 Å². The molecule has 106 valence electrons. The van der Waals surface area contributed by atoms with E-state index in [4.69, 9.17) is 17.3 Å². The molecule has 2 N–H and O–H groups in total. The maximum Gasteiger partial charge on any atom is 0.127 e. The molecule has 0 aromatic heterocycles. The minimum Gasteiger partial charge on any atom is -0.324 e. The quantitative estimate of drug-likeness (QED) is 0.875. The molecule has 1 nitrogen and oxygen atoms in total. The zero-order valence-corrected chi connectivity index (χ0v) is 12.8. The lowest BCUT2D eigenvalue weighted by atomic mass is 9.91. The van der Waals surface area contributed by atoms with E-state index in [0.717, 1.165) is 16.7 Å². The molecule has 3 heteroatoms. The van der Waals surface area contributed by atoms with Crippen LogP contribution in [0.5, 0.6) is 0 Å². The van der Waals surface area contributed by atoms with Crippen molar-refractivity contribution in [2.45, 2.75) is 33.2 Å². The van der Waals surface area contributed by atoms with Crippen molar-refractivity contribution in [3.05, 3.63) is 69.0 Å². The van der Waals surface area contributed by atoms with Crippen molar-refractivity contribution in [2.24, 2.45) is 5.73 Å². The Kier molecular flexibility index (Phi) is 4.46. The lowest BCUT2D eigenvalue weighted by Crippen LogP contribution is -2.17. The van der Waals surface area contributed by atoms with Gasteiger partial charge in [0.15, 0.2) is 0 Å². The van der Waals surface area contributed by atoms with E-state index in [0.29, 0.717) is 17.0 Å². The Morgan fingerprint density at radius 3 is 2.25 bits per heavy atom. The van der Waals surface area contributed by atoms with Crippen molar-refractivity contribution in [3.8, 4) is 0 Å². The summed E-state index contributed by atoms with van der Waals surface area (Å²) in [6.07, 6.45) is 0.466. The fourth-order valence-corrected chi connectivity index (χ4v) is 2.96. The molecule has 0 amide bonds. The number of hydrogen-bond donors (Lipinski definition) is 1. The summed E-state index contributed by atoms with van der Waals surface area (Å²) in [4.78, 5) is 0. The molecular formula is C17H19ClFN. The summed E-state index contributed by atoms with van der Waals surface area (Å²) in [6.45, 7) is 6.16. The van der Waals surface area contributed by atoms with Gasteiger partial charge in [0.05, 0.1) is 0 Å². The molecular weight excluding hydrogens is 273 g/mol. The first-order chi connectivity index (χ1) is 9.38. The van der Waals surface area contributed by atoms with Crippen molar-refractivity contribution >= 4 is 11.6 Å². The third kappa shape index (κ3) is 3.20. The van der Waals surface area contributed by atoms with Crippen LogP contribution in [0.3, 0.4) is 0 Å². The van der Waals surface area contributed by atoms with Crippen molar-refractivity contribution in [3.63, 3.8) is 0 Å². The second kappa shape index (κ2) is 5.94. The number of hydrogen-bond acceptors (Lipinski definition) is 1. The highest BCUT2D eigenvalue weighted by Gasteiger charge is 2.15. The third-order valence-electron chi connectivity index (χ3n) is 3.56. The fraction of sp³-hybridized carbons (Fsp3) is 0.294. The van der Waals surface area contributed by atoms with E-state index in [1.54, 1.807) is 12.1 Å². The first kappa shape index (κ1) is 15.0. The minimum absolute atomic E-state index is 0.216. The van der Waals surface area contributed by atoms with E-state index in [1.165, 1.54) is 11.6 Å². The van der Waals surface area contributed by atoms with Crippen LogP contribution in [0, 0.1) is 26.6 Å². The third-order valence-corrected chi connectivity index (χ3v) is 3.80. The molecule has 0 saturated heterocycles. The first-order valence-corrected chi connectivity index (χ1v) is 7.03. The minimum atomic E-state index is -0.296. The van der Waals surface area contributed by atoms with Gasteiger partial charge in [-0.3, -0.25) is 0 Å². The average Bonchev–Trinajstić information content (AvgIpc) is 2.31. The van der Waals surface area contributed by atoms with Gasteiger partial charge in [-0.15, -0.1) is 0 Å². The van der Waals surface area contributed by atoms with Gasteiger partial charge in [-0.05, 0) is 61.6 Å². The van der Waals surface area contributed by atoms with Crippen LogP contribution in [0.15, 0.2) is 30.3 Å². The molecule has 2 aromatic rings. The summed E-state index contributed by atoms with van der Waals surface area (Å²) in [7, 11) is 0. The van der Waals surface area contributed by atoms with Gasteiger partial charge in [-0.2, -0.15) is 0 Å². The van der Waals surface area contributed by atoms with Crippen LogP contribution in [-0.4, -0.2) is 0 Å². The van der Waals surface area contributed by atoms with Gasteiger partial charge in [-0.1, -0.05) is 35.4 Å². The highest BCUT2D eigenvalue weighted by atomic mass is 35.5. The van der Waals surface area contributed by atoms with Crippen LogP contribution in [0.25, 0.3) is 0 Å². The Morgan fingerprint density at radius 2 is 1.70 bits per heavy atom. The van der Waals surface area contributed by atoms with E-state index in [9.17, 15) is 4.39 Å². The molecule has 0 spiro atoms. The largest absolute Gasteiger partial charge is 0.324 e. The molecule has 0 aliphatic rings. The summed E-state index contributed by atoms with van der Waals surface area (Å²) in [5.74, 6) is -0.296. The van der Waals surface area contributed by atoms with E-state index in [-0.39, 0.29) is 11.9 Å². The Balaban J connectivity index is 2.31. The zero-order valence-electron chi connectivity index (χ0n) is 12.0. The Bertz CT molecular complexity index is 614. The average molecular weight is 292 g/mol. The zero-order chi connectivity index (χ0) is 14.9. The van der Waals surface area contributed by atoms with Gasteiger partial charge in [-0.25, -0.2) is 4.39 Å². The SMILES string of the molecule is Cc1cc(C)c(C(N)Cc2ccc(Cl)cc2F)c(C)c1. The highest BCUT2D eigenvalue weighted by Crippen LogP contribution is 2.26. The summed E-state index contributed by atoms with van der Waals surface area (Å²) < 4.78 is 13.9. The topological polar surface area (TPSA) is 26.0 Å². The number of benzene rings is 2. The Morgan fingerprint density at radius 1 is 1.10 bits per heavy atom. The molecule has 1 atom stereocenters. The molecule has 2 aromatic carbocycles. The molecule has 0 fully saturated rings. The van der Waals surface area contributed by atoms with Crippen molar-refractivity contribution in [1.82, 2.24) is 0 Å². The first-order valence-electron chi connectivity index (χ1n) is 6.65. The molecule has 0 heterocycles. The summed E-state index contributed by atoms with van der Waals surface area (Å²) in [5, 5.41) is 0.405.